The number of benzene rings is 3. The van der Waals surface area contributed by atoms with Crippen molar-refractivity contribution in [2.45, 2.75) is 12.4 Å². The van der Waals surface area contributed by atoms with Gasteiger partial charge >= 0.3 is 0 Å². The lowest BCUT2D eigenvalue weighted by Crippen LogP contribution is -2.23. The molecule has 0 aliphatic heterocycles. The van der Waals surface area contributed by atoms with E-state index in [1.165, 1.54) is 12.1 Å². The summed E-state index contributed by atoms with van der Waals surface area (Å²) >= 11 is 3.30. The van der Waals surface area contributed by atoms with Crippen LogP contribution in [0.2, 0.25) is 0 Å². The second kappa shape index (κ2) is 9.86. The maximum absolute atomic E-state index is 13.0. The highest BCUT2D eigenvalue weighted by Gasteiger charge is 2.18. The van der Waals surface area contributed by atoms with Crippen molar-refractivity contribution >= 4 is 37.4 Å². The quantitative estimate of drug-likeness (QED) is 0.494. The summed E-state index contributed by atoms with van der Waals surface area (Å²) < 4.78 is 44.1. The SMILES string of the molecule is O=C(CS(=O)(=O)Cc1ccc(Br)cc1)Nc1cccc(OCc2ccc(F)cc2)c1. The van der Waals surface area contributed by atoms with Crippen molar-refractivity contribution in [2.75, 3.05) is 11.1 Å². The zero-order valence-electron chi connectivity index (χ0n) is 15.8. The van der Waals surface area contributed by atoms with Crippen LogP contribution in [0.3, 0.4) is 0 Å². The summed E-state index contributed by atoms with van der Waals surface area (Å²) in [6, 6.07) is 19.5. The molecule has 3 rings (SSSR count). The molecule has 0 fully saturated rings. The molecule has 3 aromatic carbocycles. The molecule has 0 heterocycles. The topological polar surface area (TPSA) is 72.5 Å². The highest BCUT2D eigenvalue weighted by molar-refractivity contribution is 9.10. The van der Waals surface area contributed by atoms with Gasteiger partial charge in [-0.3, -0.25) is 4.79 Å². The standard InChI is InChI=1S/C22H19BrFNO4S/c23-18-8-4-17(5-9-18)14-30(27,28)15-22(26)25-20-2-1-3-21(12-20)29-13-16-6-10-19(24)11-7-16/h1-12H,13-15H2,(H,25,26). The van der Waals surface area contributed by atoms with Gasteiger partial charge in [0.25, 0.3) is 0 Å². The van der Waals surface area contributed by atoms with Gasteiger partial charge in [0.05, 0.1) is 5.75 Å². The third-order valence-corrected chi connectivity index (χ3v) is 6.09. The number of carbonyl (C=O) groups excluding carboxylic acids is 1. The Balaban J connectivity index is 1.56. The summed E-state index contributed by atoms with van der Waals surface area (Å²) in [6.07, 6.45) is 0. The van der Waals surface area contributed by atoms with Gasteiger partial charge in [0, 0.05) is 16.2 Å². The molecule has 0 atom stereocenters. The third-order valence-electron chi connectivity index (χ3n) is 4.09. The van der Waals surface area contributed by atoms with Gasteiger partial charge in [-0.25, -0.2) is 12.8 Å². The first-order valence-corrected chi connectivity index (χ1v) is 11.6. The van der Waals surface area contributed by atoms with Crippen LogP contribution in [0.5, 0.6) is 5.75 Å². The van der Waals surface area contributed by atoms with Crippen molar-refractivity contribution in [3.63, 3.8) is 0 Å². The van der Waals surface area contributed by atoms with Gasteiger partial charge in [-0.2, -0.15) is 0 Å². The minimum absolute atomic E-state index is 0.214. The van der Waals surface area contributed by atoms with Gasteiger partial charge in [-0.05, 0) is 47.5 Å². The van der Waals surface area contributed by atoms with Crippen molar-refractivity contribution in [1.82, 2.24) is 0 Å². The highest BCUT2D eigenvalue weighted by Crippen LogP contribution is 2.19. The summed E-state index contributed by atoms with van der Waals surface area (Å²) in [7, 11) is -3.62. The molecule has 0 unspecified atom stereocenters. The first kappa shape index (κ1) is 22.0. The fourth-order valence-electron chi connectivity index (χ4n) is 2.69. The molecule has 8 heteroatoms. The van der Waals surface area contributed by atoms with E-state index in [4.69, 9.17) is 4.74 Å². The number of hydrogen-bond acceptors (Lipinski definition) is 4. The molecule has 0 saturated heterocycles. The molecule has 1 N–H and O–H groups in total. The molecule has 0 saturated carbocycles. The molecule has 30 heavy (non-hydrogen) atoms. The van der Waals surface area contributed by atoms with Crippen LogP contribution in [0.1, 0.15) is 11.1 Å². The Kier molecular flexibility index (Phi) is 7.23. The second-order valence-corrected chi connectivity index (χ2v) is 9.63. The predicted octanol–water partition coefficient (Wildman–Crippen LogP) is 4.72. The fraction of sp³-hybridized carbons (Fsp3) is 0.136. The number of sulfone groups is 1. The van der Waals surface area contributed by atoms with Gasteiger partial charge in [-0.1, -0.05) is 46.3 Å². The molecule has 3 aromatic rings. The number of rotatable bonds is 8. The van der Waals surface area contributed by atoms with Crippen molar-refractivity contribution in [2.24, 2.45) is 0 Å². The molecule has 0 spiro atoms. The Bertz CT molecular complexity index is 1120. The van der Waals surface area contributed by atoms with Crippen LogP contribution in [0, 0.1) is 5.82 Å². The molecule has 0 aromatic heterocycles. The first-order valence-electron chi connectivity index (χ1n) is 9.01. The highest BCUT2D eigenvalue weighted by atomic mass is 79.9. The van der Waals surface area contributed by atoms with E-state index in [9.17, 15) is 17.6 Å². The normalized spacial score (nSPS) is 11.1. The van der Waals surface area contributed by atoms with Crippen molar-refractivity contribution in [3.05, 3.63) is 94.2 Å². The average molecular weight is 492 g/mol. The number of ether oxygens (including phenoxy) is 1. The summed E-state index contributed by atoms with van der Waals surface area (Å²) in [5.41, 5.74) is 1.84. The number of nitrogens with one attached hydrogen (secondary N) is 1. The van der Waals surface area contributed by atoms with Crippen LogP contribution in [-0.2, 0) is 27.0 Å². The van der Waals surface area contributed by atoms with E-state index in [1.54, 1.807) is 60.7 Å². The van der Waals surface area contributed by atoms with E-state index in [1.807, 2.05) is 0 Å². The maximum atomic E-state index is 13.0. The average Bonchev–Trinajstić information content (AvgIpc) is 2.69. The number of amides is 1. The molecule has 0 radical (unpaired) electrons. The second-order valence-electron chi connectivity index (χ2n) is 6.65. The molecular weight excluding hydrogens is 473 g/mol. The minimum atomic E-state index is -3.62. The monoisotopic (exact) mass is 491 g/mol. The van der Waals surface area contributed by atoms with Crippen molar-refractivity contribution in [1.29, 1.82) is 0 Å². The van der Waals surface area contributed by atoms with Gasteiger partial charge in [0.2, 0.25) is 5.91 Å². The molecule has 0 aliphatic carbocycles. The lowest BCUT2D eigenvalue weighted by Gasteiger charge is -2.10. The van der Waals surface area contributed by atoms with Crippen LogP contribution >= 0.6 is 15.9 Å². The zero-order valence-corrected chi connectivity index (χ0v) is 18.2. The van der Waals surface area contributed by atoms with E-state index in [2.05, 4.69) is 21.2 Å². The smallest absolute Gasteiger partial charge is 0.239 e. The number of carbonyl (C=O) groups is 1. The van der Waals surface area contributed by atoms with Crippen LogP contribution in [-0.4, -0.2) is 20.1 Å². The number of hydrogen-bond donors (Lipinski definition) is 1. The number of anilines is 1. The van der Waals surface area contributed by atoms with Gasteiger partial charge in [0.1, 0.15) is 23.9 Å². The van der Waals surface area contributed by atoms with E-state index in [-0.39, 0.29) is 18.2 Å². The van der Waals surface area contributed by atoms with E-state index < -0.39 is 21.5 Å². The summed E-state index contributed by atoms with van der Waals surface area (Å²) in [4.78, 5) is 12.2. The first-order chi connectivity index (χ1) is 14.3. The third kappa shape index (κ3) is 6.96. The Hall–Kier alpha value is -2.71. The van der Waals surface area contributed by atoms with Crippen LogP contribution < -0.4 is 10.1 Å². The lowest BCUT2D eigenvalue weighted by molar-refractivity contribution is -0.113. The zero-order chi connectivity index (χ0) is 21.6. The molecular formula is C22H19BrFNO4S. The van der Waals surface area contributed by atoms with E-state index in [0.29, 0.717) is 17.0 Å². The Morgan fingerprint density at radius 1 is 0.967 bits per heavy atom. The molecule has 0 aliphatic rings. The maximum Gasteiger partial charge on any atom is 0.239 e. The van der Waals surface area contributed by atoms with Crippen LogP contribution in [0.15, 0.2) is 77.3 Å². The lowest BCUT2D eigenvalue weighted by atomic mass is 10.2. The van der Waals surface area contributed by atoms with Crippen LogP contribution in [0.25, 0.3) is 0 Å². The van der Waals surface area contributed by atoms with E-state index >= 15 is 0 Å². The van der Waals surface area contributed by atoms with Crippen LogP contribution in [0.4, 0.5) is 10.1 Å². The van der Waals surface area contributed by atoms with Gasteiger partial charge in [0.15, 0.2) is 9.84 Å². The minimum Gasteiger partial charge on any atom is -0.489 e. The van der Waals surface area contributed by atoms with Crippen molar-refractivity contribution in [3.8, 4) is 5.75 Å². The van der Waals surface area contributed by atoms with Crippen molar-refractivity contribution < 1.29 is 22.3 Å². The Labute approximate surface area is 182 Å². The summed E-state index contributed by atoms with van der Waals surface area (Å²) in [5, 5.41) is 2.58. The Morgan fingerprint density at radius 2 is 1.63 bits per heavy atom. The number of halogens is 2. The summed E-state index contributed by atoms with van der Waals surface area (Å²) in [5.74, 6) is -1.28. The van der Waals surface area contributed by atoms with E-state index in [0.717, 1.165) is 10.0 Å². The predicted molar refractivity (Wildman–Crippen MR) is 117 cm³/mol. The molecule has 1 amide bonds. The largest absolute Gasteiger partial charge is 0.489 e. The van der Waals surface area contributed by atoms with Gasteiger partial charge in [-0.15, -0.1) is 0 Å². The van der Waals surface area contributed by atoms with Gasteiger partial charge < -0.3 is 10.1 Å². The molecule has 0 bridgehead atoms. The molecule has 5 nitrogen and oxygen atoms in total. The summed E-state index contributed by atoms with van der Waals surface area (Å²) in [6.45, 7) is 0.235. The molecule has 156 valence electrons. The fourth-order valence-corrected chi connectivity index (χ4v) is 4.23. The Morgan fingerprint density at radius 3 is 2.33 bits per heavy atom.